The van der Waals surface area contributed by atoms with Crippen LogP contribution >= 0.6 is 11.3 Å². The fraction of sp³-hybridized carbons (Fsp3) is 0.240. The molecule has 0 radical (unpaired) electrons. The van der Waals surface area contributed by atoms with Crippen LogP contribution in [0, 0.1) is 17.1 Å². The first-order valence-corrected chi connectivity index (χ1v) is 12.2. The topological polar surface area (TPSA) is 132 Å². The average Bonchev–Trinajstić information content (AvgIpc) is 3.18. The summed E-state index contributed by atoms with van der Waals surface area (Å²) in [6, 6.07) is 13.0. The highest BCUT2D eigenvalue weighted by Crippen LogP contribution is 2.17. The number of amides is 2. The molecule has 0 aliphatic rings. The lowest BCUT2D eigenvalue weighted by Crippen LogP contribution is -2.34. The summed E-state index contributed by atoms with van der Waals surface area (Å²) in [6.45, 7) is 4.03. The first-order chi connectivity index (χ1) is 17.8. The molecule has 192 valence electrons. The Kier molecular flexibility index (Phi) is 9.12. The summed E-state index contributed by atoms with van der Waals surface area (Å²) in [6.07, 6.45) is 1.44. The number of likely N-dealkylation sites (N-methyl/N-ethyl adjacent to an activating group) is 1. The van der Waals surface area contributed by atoms with Crippen molar-refractivity contribution in [1.29, 1.82) is 5.26 Å². The molecule has 0 atom stereocenters. The van der Waals surface area contributed by atoms with Gasteiger partial charge < -0.3 is 20.9 Å². The van der Waals surface area contributed by atoms with Crippen molar-refractivity contribution in [2.45, 2.75) is 20.4 Å². The van der Waals surface area contributed by atoms with E-state index in [1.54, 1.807) is 57.3 Å². The Morgan fingerprint density at radius 1 is 1.19 bits per heavy atom. The van der Waals surface area contributed by atoms with E-state index in [0.29, 0.717) is 18.1 Å². The first kappa shape index (κ1) is 27.1. The predicted octanol–water partition coefficient (Wildman–Crippen LogP) is 1.20. The van der Waals surface area contributed by atoms with Gasteiger partial charge in [0.15, 0.2) is 5.57 Å². The summed E-state index contributed by atoms with van der Waals surface area (Å²) >= 11 is 1.02. The number of rotatable bonds is 9. The number of hydrogen-bond donors (Lipinski definition) is 3. The average molecular weight is 524 g/mol. The SMILES string of the molecule is CCNC(=O)/C(C#N)=c1\s/c(=C/Nc2cccc(NC(=O)CN(C)c3ccccc3F)n2)c(=O)n1CC. The van der Waals surface area contributed by atoms with Gasteiger partial charge in [0, 0.05) is 26.3 Å². The minimum atomic E-state index is -0.543. The monoisotopic (exact) mass is 523 g/mol. The van der Waals surface area contributed by atoms with Crippen LogP contribution in [0.15, 0.2) is 47.3 Å². The van der Waals surface area contributed by atoms with E-state index in [4.69, 9.17) is 0 Å². The van der Waals surface area contributed by atoms with Crippen molar-refractivity contribution < 1.29 is 14.0 Å². The zero-order chi connectivity index (χ0) is 26.9. The van der Waals surface area contributed by atoms with Crippen molar-refractivity contribution >= 4 is 52.2 Å². The summed E-state index contributed by atoms with van der Waals surface area (Å²) in [5, 5.41) is 17.7. The molecular weight excluding hydrogens is 497 g/mol. The van der Waals surface area contributed by atoms with Crippen LogP contribution in [0.3, 0.4) is 0 Å². The van der Waals surface area contributed by atoms with Crippen molar-refractivity contribution in [1.82, 2.24) is 14.9 Å². The van der Waals surface area contributed by atoms with Crippen LogP contribution in [-0.2, 0) is 16.1 Å². The number of nitrogens with zero attached hydrogens (tertiary/aromatic N) is 4. The molecule has 37 heavy (non-hydrogen) atoms. The van der Waals surface area contributed by atoms with Gasteiger partial charge in [-0.25, -0.2) is 9.37 Å². The van der Waals surface area contributed by atoms with Gasteiger partial charge in [0.25, 0.3) is 11.5 Å². The Hall–Kier alpha value is -4.50. The van der Waals surface area contributed by atoms with Gasteiger partial charge in [-0.2, -0.15) is 5.26 Å². The van der Waals surface area contributed by atoms with E-state index in [-0.39, 0.29) is 39.2 Å². The molecule has 0 fully saturated rings. The number of nitriles is 1. The molecule has 2 heterocycles. The van der Waals surface area contributed by atoms with Crippen molar-refractivity contribution in [2.75, 3.05) is 35.7 Å². The molecular formula is C25H26FN7O3S. The maximum absolute atomic E-state index is 14.0. The molecule has 0 aliphatic carbocycles. The van der Waals surface area contributed by atoms with Gasteiger partial charge >= 0.3 is 0 Å². The third kappa shape index (κ3) is 6.59. The Morgan fingerprint density at radius 2 is 1.92 bits per heavy atom. The van der Waals surface area contributed by atoms with Gasteiger partial charge in [-0.05, 0) is 38.1 Å². The number of hydrogen-bond acceptors (Lipinski definition) is 8. The minimum absolute atomic E-state index is 0.0930. The molecule has 2 amide bonds. The maximum Gasteiger partial charge on any atom is 0.270 e. The van der Waals surface area contributed by atoms with Gasteiger partial charge in [0.2, 0.25) is 5.91 Å². The third-order valence-corrected chi connectivity index (χ3v) is 6.26. The normalized spacial score (nSPS) is 11.9. The Bertz CT molecular complexity index is 1520. The van der Waals surface area contributed by atoms with Gasteiger partial charge in [0.05, 0.1) is 12.2 Å². The summed E-state index contributed by atoms with van der Waals surface area (Å²) in [7, 11) is 1.61. The smallest absolute Gasteiger partial charge is 0.270 e. The van der Waals surface area contributed by atoms with Crippen LogP contribution < -0.4 is 35.6 Å². The lowest BCUT2D eigenvalue weighted by molar-refractivity contribution is -0.116. The van der Waals surface area contributed by atoms with E-state index in [1.165, 1.54) is 21.7 Å². The maximum atomic E-state index is 14.0. The third-order valence-electron chi connectivity index (χ3n) is 5.13. The number of aromatic nitrogens is 2. The fourth-order valence-corrected chi connectivity index (χ4v) is 4.49. The van der Waals surface area contributed by atoms with E-state index in [1.807, 2.05) is 6.07 Å². The van der Waals surface area contributed by atoms with E-state index in [9.17, 15) is 24.0 Å². The number of halogens is 1. The molecule has 3 aromatic rings. The molecule has 3 N–H and O–H groups in total. The number of para-hydroxylation sites is 1. The molecule has 1 aromatic carbocycles. The van der Waals surface area contributed by atoms with Crippen LogP contribution in [0.25, 0.3) is 11.8 Å². The quantitative estimate of drug-likeness (QED) is 0.384. The first-order valence-electron chi connectivity index (χ1n) is 11.4. The van der Waals surface area contributed by atoms with Gasteiger partial charge in [-0.1, -0.05) is 18.2 Å². The highest BCUT2D eigenvalue weighted by atomic mass is 32.1. The van der Waals surface area contributed by atoms with Crippen molar-refractivity contribution in [3.8, 4) is 6.07 Å². The lowest BCUT2D eigenvalue weighted by Gasteiger charge is -2.19. The van der Waals surface area contributed by atoms with Crippen molar-refractivity contribution in [2.24, 2.45) is 0 Å². The molecule has 0 unspecified atom stereocenters. The highest BCUT2D eigenvalue weighted by molar-refractivity contribution is 7.07. The van der Waals surface area contributed by atoms with E-state index < -0.39 is 17.6 Å². The fourth-order valence-electron chi connectivity index (χ4n) is 3.41. The lowest BCUT2D eigenvalue weighted by atomic mass is 10.3. The number of thiazole rings is 1. The molecule has 3 rings (SSSR count). The Balaban J connectivity index is 1.80. The van der Waals surface area contributed by atoms with Crippen LogP contribution in [-0.4, -0.2) is 41.5 Å². The van der Waals surface area contributed by atoms with Crippen molar-refractivity contribution in [3.05, 3.63) is 67.8 Å². The van der Waals surface area contributed by atoms with Gasteiger partial charge in [-0.3, -0.25) is 19.0 Å². The standard InChI is InChI=1S/C25H26FN7O3S/c1-4-28-23(35)16(13-27)25-33(5-2)24(36)19(37-25)14-29-20-11-8-12-21(30-20)31-22(34)15-32(3)18-10-7-6-9-17(18)26/h6-12,14H,4-5,15H2,1-3H3,(H,28,35)(H2,29,30,31,34)/b19-14+,25-16-. The second-order valence-corrected chi connectivity index (χ2v) is 8.75. The van der Waals surface area contributed by atoms with Gasteiger partial charge in [0.1, 0.15) is 32.7 Å². The molecule has 0 aliphatic heterocycles. The summed E-state index contributed by atoms with van der Waals surface area (Å²) in [4.78, 5) is 43.4. The predicted molar refractivity (Wildman–Crippen MR) is 142 cm³/mol. The largest absolute Gasteiger partial charge is 0.363 e. The summed E-state index contributed by atoms with van der Waals surface area (Å²) < 4.78 is 15.9. The van der Waals surface area contributed by atoms with Gasteiger partial charge in [-0.15, -0.1) is 11.3 Å². The summed E-state index contributed by atoms with van der Waals surface area (Å²) in [5.74, 6) is -0.746. The van der Waals surface area contributed by atoms with Crippen molar-refractivity contribution in [3.63, 3.8) is 0 Å². The molecule has 0 bridgehead atoms. The van der Waals surface area contributed by atoms with Crippen LogP contribution in [0.1, 0.15) is 13.8 Å². The molecule has 12 heteroatoms. The second-order valence-electron chi connectivity index (χ2n) is 7.72. The number of carbonyl (C=O) groups excluding carboxylic acids is 2. The Labute approximate surface area is 216 Å². The molecule has 0 spiro atoms. The van der Waals surface area contributed by atoms with Crippen LogP contribution in [0.4, 0.5) is 21.7 Å². The number of nitrogens with one attached hydrogen (secondary N) is 3. The molecule has 0 saturated heterocycles. The Morgan fingerprint density at radius 3 is 2.59 bits per heavy atom. The number of benzene rings is 1. The second kappa shape index (κ2) is 12.5. The number of pyridine rings is 1. The van der Waals surface area contributed by atoms with Crippen LogP contribution in [0.5, 0.6) is 0 Å². The molecule has 2 aromatic heterocycles. The van der Waals surface area contributed by atoms with E-state index >= 15 is 0 Å². The van der Waals surface area contributed by atoms with E-state index in [0.717, 1.165) is 11.3 Å². The van der Waals surface area contributed by atoms with E-state index in [2.05, 4.69) is 20.9 Å². The molecule has 0 saturated carbocycles. The highest BCUT2D eigenvalue weighted by Gasteiger charge is 2.15. The summed E-state index contributed by atoms with van der Waals surface area (Å²) in [5.41, 5.74) is -0.186. The molecule has 10 nitrogen and oxygen atoms in total. The zero-order valence-electron chi connectivity index (χ0n) is 20.5. The van der Waals surface area contributed by atoms with Crippen LogP contribution in [0.2, 0.25) is 0 Å². The minimum Gasteiger partial charge on any atom is -0.363 e. The number of anilines is 3. The number of carbonyl (C=O) groups is 2. The zero-order valence-corrected chi connectivity index (χ0v) is 21.4.